The first kappa shape index (κ1) is 30.8. The van der Waals surface area contributed by atoms with Gasteiger partial charge in [0.15, 0.2) is 11.6 Å². The molecule has 0 N–H and O–H groups in total. The largest absolute Gasteiger partial charge is 0.453 e. The molecule has 3 heterocycles. The van der Waals surface area contributed by atoms with Gasteiger partial charge in [-0.2, -0.15) is 0 Å². The summed E-state index contributed by atoms with van der Waals surface area (Å²) in [6, 6.07) is 10.4. The summed E-state index contributed by atoms with van der Waals surface area (Å²) in [6.45, 7) is 7.27. The Bertz CT molecular complexity index is 1540. The van der Waals surface area contributed by atoms with Crippen LogP contribution in [0, 0.1) is 15.9 Å². The Labute approximate surface area is 246 Å². The van der Waals surface area contributed by atoms with E-state index >= 15 is 0 Å². The number of hydrogen-bond donors (Lipinski definition) is 0. The van der Waals surface area contributed by atoms with Crippen molar-refractivity contribution in [2.75, 3.05) is 33.5 Å². The fraction of sp³-hybridized carbons (Fsp3) is 0.345. The molecule has 0 aliphatic heterocycles. The minimum Gasteiger partial charge on any atom is -0.453 e. The highest BCUT2D eigenvalue weighted by Gasteiger charge is 2.23. The zero-order valence-corrected chi connectivity index (χ0v) is 24.5. The summed E-state index contributed by atoms with van der Waals surface area (Å²) in [5.74, 6) is -0.615. The van der Waals surface area contributed by atoms with E-state index in [-0.39, 0.29) is 18.0 Å². The lowest BCUT2D eigenvalue weighted by Gasteiger charge is -2.27. The van der Waals surface area contributed by atoms with Crippen LogP contribution in [0.2, 0.25) is 0 Å². The number of nitrogens with zero attached hydrogens (tertiary/aromatic N) is 4. The van der Waals surface area contributed by atoms with E-state index in [1.54, 1.807) is 24.3 Å². The predicted octanol–water partition coefficient (Wildman–Crippen LogP) is 6.60. The molecule has 1 aromatic carbocycles. The maximum atomic E-state index is 14.4. The van der Waals surface area contributed by atoms with Crippen LogP contribution in [0.15, 0.2) is 54.9 Å². The number of halogens is 1. The van der Waals surface area contributed by atoms with Crippen molar-refractivity contribution < 1.29 is 33.1 Å². The van der Waals surface area contributed by atoms with Crippen molar-refractivity contribution in [2.24, 2.45) is 0 Å². The van der Waals surface area contributed by atoms with Crippen molar-refractivity contribution in [3.8, 4) is 22.1 Å². The second kappa shape index (κ2) is 13.6. The molecule has 0 saturated heterocycles. The number of carbonyl (C=O) groups excluding carboxylic acids is 1. The molecule has 4 aromatic rings. The molecule has 13 heteroatoms. The number of rotatable bonds is 12. The topological polar surface area (TPSA) is 126 Å². The normalized spacial score (nSPS) is 11.5. The van der Waals surface area contributed by atoms with Crippen LogP contribution in [0.25, 0.3) is 20.8 Å². The van der Waals surface area contributed by atoms with Crippen molar-refractivity contribution in [3.63, 3.8) is 0 Å². The van der Waals surface area contributed by atoms with E-state index in [2.05, 4.69) is 9.97 Å². The van der Waals surface area contributed by atoms with Gasteiger partial charge >= 0.3 is 6.09 Å². The van der Waals surface area contributed by atoms with Crippen molar-refractivity contribution in [2.45, 2.75) is 32.9 Å². The number of aromatic nitrogens is 2. The third-order valence-electron chi connectivity index (χ3n) is 5.76. The lowest BCUT2D eigenvalue weighted by atomic mass is 10.2. The van der Waals surface area contributed by atoms with Gasteiger partial charge in [-0.15, -0.1) is 11.3 Å². The Balaban J connectivity index is 1.50. The number of nitro benzene ring substituents is 1. The number of methoxy groups -OCH3 is 1. The number of nitro groups is 1. The standard InChI is InChI=1S/C29H31FN4O7S/c1-29(2,3)41-28(35)33(11-12-39-14-13-38-4)18-19-5-7-22(32-17-19)26-16-23-27(42-26)25(9-10-31-23)40-24-8-6-20(34(36)37)15-21(24)30/h5-10,15-17H,11-14,18H2,1-4H3. The lowest BCUT2D eigenvalue weighted by molar-refractivity contribution is -0.385. The van der Waals surface area contributed by atoms with Crippen molar-refractivity contribution in [1.82, 2.24) is 14.9 Å². The average molecular weight is 599 g/mol. The van der Waals surface area contributed by atoms with Gasteiger partial charge in [0.1, 0.15) is 11.4 Å². The number of amides is 1. The molecule has 0 spiro atoms. The summed E-state index contributed by atoms with van der Waals surface area (Å²) in [4.78, 5) is 34.4. The maximum absolute atomic E-state index is 14.4. The number of hydrogen-bond acceptors (Lipinski definition) is 10. The van der Waals surface area contributed by atoms with Crippen molar-refractivity contribution in [1.29, 1.82) is 0 Å². The van der Waals surface area contributed by atoms with Crippen LogP contribution in [0.5, 0.6) is 11.5 Å². The Morgan fingerprint density at radius 2 is 1.88 bits per heavy atom. The molecule has 11 nitrogen and oxygen atoms in total. The number of ether oxygens (including phenoxy) is 4. The van der Waals surface area contributed by atoms with E-state index in [1.165, 1.54) is 29.7 Å². The van der Waals surface area contributed by atoms with Crippen LogP contribution in [0.4, 0.5) is 14.9 Å². The second-order valence-corrected chi connectivity index (χ2v) is 11.2. The molecule has 0 bridgehead atoms. The lowest BCUT2D eigenvalue weighted by Crippen LogP contribution is -2.38. The third kappa shape index (κ3) is 8.18. The van der Waals surface area contributed by atoms with Gasteiger partial charge < -0.3 is 23.8 Å². The SMILES string of the molecule is COCCOCCN(Cc1ccc(-c2cc3nccc(Oc4ccc([N+](=O)[O-])cc4F)c3s2)nc1)C(=O)OC(C)(C)C. The van der Waals surface area contributed by atoms with Gasteiger partial charge in [0.25, 0.3) is 5.69 Å². The Morgan fingerprint density at radius 1 is 1.07 bits per heavy atom. The smallest absolute Gasteiger partial charge is 0.410 e. The zero-order valence-electron chi connectivity index (χ0n) is 23.7. The highest BCUT2D eigenvalue weighted by atomic mass is 32.1. The molecule has 222 valence electrons. The molecule has 0 fully saturated rings. The van der Waals surface area contributed by atoms with E-state index in [4.69, 9.17) is 18.9 Å². The first-order valence-corrected chi connectivity index (χ1v) is 13.9. The quantitative estimate of drug-likeness (QED) is 0.101. The van der Waals surface area contributed by atoms with Gasteiger partial charge in [-0.1, -0.05) is 6.07 Å². The summed E-state index contributed by atoms with van der Waals surface area (Å²) < 4.78 is 37.0. The Morgan fingerprint density at radius 3 is 2.55 bits per heavy atom. The van der Waals surface area contributed by atoms with Crippen LogP contribution in [0.1, 0.15) is 26.3 Å². The van der Waals surface area contributed by atoms with Crippen LogP contribution in [0.3, 0.4) is 0 Å². The molecule has 0 aliphatic rings. The molecule has 0 saturated carbocycles. The van der Waals surface area contributed by atoms with Gasteiger partial charge in [0.2, 0.25) is 0 Å². The average Bonchev–Trinajstić information content (AvgIpc) is 3.38. The third-order valence-corrected chi connectivity index (χ3v) is 6.92. The van der Waals surface area contributed by atoms with Crippen molar-refractivity contribution >= 4 is 33.3 Å². The van der Waals surface area contributed by atoms with Crippen LogP contribution >= 0.6 is 11.3 Å². The summed E-state index contributed by atoms with van der Waals surface area (Å²) >= 11 is 1.37. The molecule has 42 heavy (non-hydrogen) atoms. The van der Waals surface area contributed by atoms with Crippen LogP contribution in [-0.4, -0.2) is 65.0 Å². The molecule has 1 amide bonds. The summed E-state index contributed by atoms with van der Waals surface area (Å²) in [5.41, 5.74) is 1.11. The first-order valence-electron chi connectivity index (χ1n) is 13.0. The predicted molar refractivity (Wildman–Crippen MR) is 155 cm³/mol. The van der Waals surface area contributed by atoms with E-state index in [1.807, 2.05) is 39.0 Å². The monoisotopic (exact) mass is 598 g/mol. The number of carbonyl (C=O) groups is 1. The number of benzene rings is 1. The zero-order chi connectivity index (χ0) is 30.3. The van der Waals surface area contributed by atoms with E-state index in [0.29, 0.717) is 48.0 Å². The Hall–Kier alpha value is -4.20. The Kier molecular flexibility index (Phi) is 9.99. The fourth-order valence-electron chi connectivity index (χ4n) is 3.79. The van der Waals surface area contributed by atoms with Gasteiger partial charge in [-0.05, 0) is 44.5 Å². The minimum atomic E-state index is -0.842. The van der Waals surface area contributed by atoms with E-state index in [9.17, 15) is 19.3 Å². The number of fused-ring (bicyclic) bond motifs is 1. The fourth-order valence-corrected chi connectivity index (χ4v) is 4.83. The van der Waals surface area contributed by atoms with Crippen LogP contribution in [-0.2, 0) is 20.8 Å². The van der Waals surface area contributed by atoms with Crippen LogP contribution < -0.4 is 4.74 Å². The number of pyridine rings is 2. The summed E-state index contributed by atoms with van der Waals surface area (Å²) in [6.07, 6.45) is 2.78. The summed E-state index contributed by atoms with van der Waals surface area (Å²) in [5, 5.41) is 10.9. The number of non-ortho nitro benzene ring substituents is 1. The highest BCUT2D eigenvalue weighted by molar-refractivity contribution is 7.22. The van der Waals surface area contributed by atoms with Gasteiger partial charge in [-0.3, -0.25) is 20.1 Å². The molecule has 0 radical (unpaired) electrons. The molecule has 0 unspecified atom stereocenters. The number of thiophene rings is 1. The van der Waals surface area contributed by atoms with Crippen molar-refractivity contribution in [3.05, 3.63) is 76.4 Å². The second-order valence-electron chi connectivity index (χ2n) is 10.2. The maximum Gasteiger partial charge on any atom is 0.410 e. The van der Waals surface area contributed by atoms with Gasteiger partial charge in [0.05, 0.1) is 58.1 Å². The molecule has 0 aliphatic carbocycles. The molecule has 4 rings (SSSR count). The first-order chi connectivity index (χ1) is 20.0. The van der Waals surface area contributed by atoms with E-state index in [0.717, 1.165) is 16.5 Å². The summed E-state index contributed by atoms with van der Waals surface area (Å²) in [7, 11) is 1.60. The van der Waals surface area contributed by atoms with E-state index < -0.39 is 22.4 Å². The molecular weight excluding hydrogens is 567 g/mol. The van der Waals surface area contributed by atoms with Gasteiger partial charge in [0, 0.05) is 38.2 Å². The van der Waals surface area contributed by atoms with Gasteiger partial charge in [-0.25, -0.2) is 9.18 Å². The molecule has 3 aromatic heterocycles. The highest BCUT2D eigenvalue weighted by Crippen LogP contribution is 2.39. The minimum absolute atomic E-state index is 0.135. The molecule has 0 atom stereocenters. The molecular formula is C29H31FN4O7S.